The number of rotatable bonds is 5. The van der Waals surface area contributed by atoms with E-state index in [1.807, 2.05) is 0 Å². The van der Waals surface area contributed by atoms with Crippen molar-refractivity contribution in [3.05, 3.63) is 30.3 Å². The molecule has 1 aliphatic heterocycles. The summed E-state index contributed by atoms with van der Waals surface area (Å²) in [5.41, 5.74) is 0.695. The van der Waals surface area contributed by atoms with Crippen LogP contribution in [0.3, 0.4) is 0 Å². The number of hydrogen-bond donors (Lipinski definition) is 0. The fourth-order valence-electron chi connectivity index (χ4n) is 2.49. The lowest BCUT2D eigenvalue weighted by Gasteiger charge is -2.39. The van der Waals surface area contributed by atoms with E-state index in [-0.39, 0.29) is 18.0 Å². The van der Waals surface area contributed by atoms with E-state index >= 15 is 0 Å². The van der Waals surface area contributed by atoms with Crippen LogP contribution in [-0.4, -0.2) is 61.2 Å². The molecule has 0 radical (unpaired) electrons. The Balaban J connectivity index is 2.11. The molecule has 3 nitrogen and oxygen atoms in total. The highest BCUT2D eigenvalue weighted by atomic mass is 19.4. The zero-order valence-corrected chi connectivity index (χ0v) is 13.1. The molecule has 0 spiro atoms. The van der Waals surface area contributed by atoms with Crippen LogP contribution in [0.15, 0.2) is 30.3 Å². The maximum atomic E-state index is 13.7. The predicted molar refractivity (Wildman–Crippen MR) is 76.1 cm³/mol. The van der Waals surface area contributed by atoms with Gasteiger partial charge in [0.25, 0.3) is 5.91 Å². The highest BCUT2D eigenvalue weighted by Gasteiger charge is 2.78. The second kappa shape index (κ2) is 6.92. The average Bonchev–Trinajstić information content (AvgIpc) is 2.61. The molecule has 0 atom stereocenters. The van der Waals surface area contributed by atoms with E-state index in [0.717, 1.165) is 0 Å². The fraction of sp³-hybridized carbons (Fsp3) is 0.533. The molecule has 1 aromatic carbocycles. The molecule has 1 fully saturated rings. The number of alkyl halides is 8. The Labute approximate surface area is 143 Å². The Morgan fingerprint density at radius 1 is 0.885 bits per heavy atom. The summed E-state index contributed by atoms with van der Waals surface area (Å²) in [4.78, 5) is 13.6. The number of para-hydroxylation sites is 1. The Bertz CT molecular complexity index is 630. The van der Waals surface area contributed by atoms with Gasteiger partial charge in [-0.2, -0.15) is 26.3 Å². The van der Waals surface area contributed by atoms with Crippen molar-refractivity contribution in [2.75, 3.05) is 31.1 Å². The Morgan fingerprint density at radius 2 is 1.38 bits per heavy atom. The summed E-state index contributed by atoms with van der Waals surface area (Å²) >= 11 is 0. The number of carbonyl (C=O) groups excluding carboxylic acids is 1. The number of anilines is 1. The fourth-order valence-corrected chi connectivity index (χ4v) is 2.49. The number of piperazine rings is 1. The number of amides is 1. The minimum atomic E-state index is -6.53. The predicted octanol–water partition coefficient (Wildman–Crippen LogP) is 3.51. The van der Waals surface area contributed by atoms with Crippen LogP contribution >= 0.6 is 0 Å². The van der Waals surface area contributed by atoms with Gasteiger partial charge in [0.1, 0.15) is 0 Å². The summed E-state index contributed by atoms with van der Waals surface area (Å²) in [6, 6.07) is 8.53. The monoisotopic (exact) mass is 390 g/mol. The third kappa shape index (κ3) is 3.30. The molecular weight excluding hydrogens is 376 g/mol. The summed E-state index contributed by atoms with van der Waals surface area (Å²) in [6.45, 7) is -0.912. The van der Waals surface area contributed by atoms with Gasteiger partial charge in [0.05, 0.1) is 0 Å². The first-order valence-corrected chi connectivity index (χ1v) is 7.44. The van der Waals surface area contributed by atoms with Crippen molar-refractivity contribution in [1.29, 1.82) is 0 Å². The van der Waals surface area contributed by atoms with E-state index in [1.54, 1.807) is 35.2 Å². The van der Waals surface area contributed by atoms with E-state index in [9.17, 15) is 39.9 Å². The Morgan fingerprint density at radius 3 is 1.85 bits per heavy atom. The number of carbonyl (C=O) groups is 1. The van der Waals surface area contributed by atoms with Gasteiger partial charge >= 0.3 is 24.2 Å². The van der Waals surface area contributed by atoms with Crippen molar-refractivity contribution in [1.82, 2.24) is 4.90 Å². The molecule has 1 aromatic rings. The second-order valence-corrected chi connectivity index (χ2v) is 5.69. The molecule has 11 heteroatoms. The molecule has 1 aliphatic rings. The van der Waals surface area contributed by atoms with Crippen LogP contribution in [0.4, 0.5) is 40.8 Å². The molecule has 1 amide bonds. The average molecular weight is 390 g/mol. The smallest absolute Gasteiger partial charge is 0.368 e. The van der Waals surface area contributed by atoms with E-state index in [2.05, 4.69) is 0 Å². The van der Waals surface area contributed by atoms with Gasteiger partial charge in [0.15, 0.2) is 0 Å². The molecule has 0 bridgehead atoms. The molecule has 146 valence electrons. The summed E-state index contributed by atoms with van der Waals surface area (Å²) in [7, 11) is 0. The van der Waals surface area contributed by atoms with Crippen LogP contribution in [0.25, 0.3) is 0 Å². The van der Waals surface area contributed by atoms with Crippen molar-refractivity contribution in [3.8, 4) is 0 Å². The second-order valence-electron chi connectivity index (χ2n) is 5.69. The number of nitrogens with zero attached hydrogens (tertiary/aromatic N) is 2. The quantitative estimate of drug-likeness (QED) is 0.719. The first kappa shape index (κ1) is 20.2. The Kier molecular flexibility index (Phi) is 5.39. The molecule has 26 heavy (non-hydrogen) atoms. The molecular formula is C15H14F8N2O. The van der Waals surface area contributed by atoms with Gasteiger partial charge in [-0.1, -0.05) is 18.2 Å². The maximum absolute atomic E-state index is 13.7. The molecule has 0 N–H and O–H groups in total. The topological polar surface area (TPSA) is 23.6 Å². The van der Waals surface area contributed by atoms with Crippen molar-refractivity contribution < 1.29 is 39.9 Å². The van der Waals surface area contributed by atoms with Crippen LogP contribution in [0.1, 0.15) is 0 Å². The standard InChI is InChI=1S/C15H14F8N2O/c16-11(17)13(18,19)15(22,23)14(20,21)12(26)25-8-6-24(7-9-25)10-4-2-1-3-5-10/h1-5,11H,6-9H2. The van der Waals surface area contributed by atoms with E-state index in [1.165, 1.54) is 0 Å². The SMILES string of the molecule is O=C(N1CCN(c2ccccc2)CC1)C(F)(F)C(F)(F)C(F)(F)C(F)F. The zero-order chi connectivity index (χ0) is 19.8. The largest absolute Gasteiger partial charge is 0.392 e. The van der Waals surface area contributed by atoms with E-state index in [0.29, 0.717) is 5.69 Å². The van der Waals surface area contributed by atoms with Crippen LogP contribution in [-0.2, 0) is 4.79 Å². The summed E-state index contributed by atoms with van der Waals surface area (Å²) in [5.74, 6) is -21.4. The van der Waals surface area contributed by atoms with Crippen LogP contribution < -0.4 is 4.90 Å². The van der Waals surface area contributed by atoms with Crippen LogP contribution in [0.2, 0.25) is 0 Å². The number of benzene rings is 1. The molecule has 0 aromatic heterocycles. The van der Waals surface area contributed by atoms with Gasteiger partial charge in [0.2, 0.25) is 0 Å². The van der Waals surface area contributed by atoms with Crippen molar-refractivity contribution in [3.63, 3.8) is 0 Å². The van der Waals surface area contributed by atoms with E-state index in [4.69, 9.17) is 0 Å². The molecule has 2 rings (SSSR count). The third-order valence-corrected chi connectivity index (χ3v) is 4.04. The normalized spacial score (nSPS) is 17.0. The lowest BCUT2D eigenvalue weighted by atomic mass is 10.0. The van der Waals surface area contributed by atoms with E-state index < -0.39 is 43.2 Å². The first-order valence-electron chi connectivity index (χ1n) is 7.44. The van der Waals surface area contributed by atoms with Crippen LogP contribution in [0, 0.1) is 0 Å². The summed E-state index contributed by atoms with van der Waals surface area (Å²) < 4.78 is 104. The van der Waals surface area contributed by atoms with Crippen molar-refractivity contribution in [2.45, 2.75) is 24.2 Å². The minimum Gasteiger partial charge on any atom is -0.368 e. The van der Waals surface area contributed by atoms with Crippen molar-refractivity contribution in [2.24, 2.45) is 0 Å². The van der Waals surface area contributed by atoms with Crippen LogP contribution in [0.5, 0.6) is 0 Å². The summed E-state index contributed by atoms with van der Waals surface area (Å²) in [6.07, 6.45) is -5.05. The third-order valence-electron chi connectivity index (χ3n) is 4.04. The first-order chi connectivity index (χ1) is 11.9. The lowest BCUT2D eigenvalue weighted by molar-refractivity contribution is -0.330. The molecule has 0 unspecified atom stereocenters. The highest BCUT2D eigenvalue weighted by molar-refractivity contribution is 5.85. The van der Waals surface area contributed by atoms with Gasteiger partial charge < -0.3 is 9.80 Å². The lowest BCUT2D eigenvalue weighted by Crippen LogP contribution is -2.65. The van der Waals surface area contributed by atoms with Gasteiger partial charge in [-0.05, 0) is 12.1 Å². The zero-order valence-electron chi connectivity index (χ0n) is 13.1. The van der Waals surface area contributed by atoms with Gasteiger partial charge in [-0.25, -0.2) is 8.78 Å². The molecule has 1 saturated heterocycles. The highest BCUT2D eigenvalue weighted by Crippen LogP contribution is 2.49. The Hall–Kier alpha value is -2.07. The number of halogens is 8. The minimum absolute atomic E-state index is 0.0113. The molecule has 0 saturated carbocycles. The molecule has 1 heterocycles. The maximum Gasteiger partial charge on any atom is 0.392 e. The van der Waals surface area contributed by atoms with Crippen molar-refractivity contribution >= 4 is 11.6 Å². The summed E-state index contributed by atoms with van der Waals surface area (Å²) in [5, 5.41) is 0. The molecule has 0 aliphatic carbocycles. The van der Waals surface area contributed by atoms with Gasteiger partial charge in [-0.15, -0.1) is 0 Å². The number of hydrogen-bond acceptors (Lipinski definition) is 2. The van der Waals surface area contributed by atoms with Gasteiger partial charge in [0, 0.05) is 31.9 Å². The van der Waals surface area contributed by atoms with Gasteiger partial charge in [-0.3, -0.25) is 4.79 Å².